The molecule has 152 valence electrons. The molecule has 5 heteroatoms. The number of halogens is 1. The third kappa shape index (κ3) is 5.66. The van der Waals surface area contributed by atoms with Gasteiger partial charge in [-0.3, -0.25) is 4.79 Å². The van der Waals surface area contributed by atoms with Crippen LogP contribution in [0.25, 0.3) is 0 Å². The Labute approximate surface area is 173 Å². The first-order chi connectivity index (χ1) is 13.2. The summed E-state index contributed by atoms with van der Waals surface area (Å²) in [6.45, 7) is 8.80. The first kappa shape index (κ1) is 21.0. The summed E-state index contributed by atoms with van der Waals surface area (Å²) in [5.41, 5.74) is 2.36. The maximum atomic E-state index is 12.5. The quantitative estimate of drug-likeness (QED) is 0.542. The lowest BCUT2D eigenvalue weighted by molar-refractivity contribution is -0.118. The van der Waals surface area contributed by atoms with Crippen molar-refractivity contribution in [2.24, 2.45) is 5.41 Å². The van der Waals surface area contributed by atoms with Gasteiger partial charge in [0.1, 0.15) is 17.4 Å². The van der Waals surface area contributed by atoms with Crippen LogP contribution in [0.1, 0.15) is 81.7 Å². The average molecular weight is 402 g/mol. The van der Waals surface area contributed by atoms with Crippen LogP contribution in [-0.4, -0.2) is 20.5 Å². The number of benzene rings is 1. The molecule has 0 N–H and O–H groups in total. The second-order valence-corrected chi connectivity index (χ2v) is 9.69. The Hall–Kier alpha value is -1.68. The molecular formula is C23H32ClN3O. The minimum absolute atomic E-state index is 0.227. The number of Topliss-reactive ketones (excluding diaryl/α,β-unsaturated/α-hetero) is 1. The molecule has 0 radical (unpaired) electrons. The Kier molecular flexibility index (Phi) is 6.59. The van der Waals surface area contributed by atoms with Crippen molar-refractivity contribution in [1.82, 2.24) is 14.8 Å². The predicted molar refractivity (Wildman–Crippen MR) is 114 cm³/mol. The molecule has 2 aromatic rings. The molecule has 3 rings (SSSR count). The highest BCUT2D eigenvalue weighted by molar-refractivity contribution is 6.31. The summed E-state index contributed by atoms with van der Waals surface area (Å²) < 4.78 is 2.32. The van der Waals surface area contributed by atoms with E-state index in [9.17, 15) is 4.79 Å². The van der Waals surface area contributed by atoms with Gasteiger partial charge in [-0.05, 0) is 55.2 Å². The van der Waals surface area contributed by atoms with Crippen LogP contribution in [0.5, 0.6) is 0 Å². The third-order valence-electron chi connectivity index (χ3n) is 5.47. The number of hydrogen-bond acceptors (Lipinski definition) is 3. The number of carbonyl (C=O) groups excluding carboxylic acids is 1. The van der Waals surface area contributed by atoms with Gasteiger partial charge in [0.25, 0.3) is 0 Å². The van der Waals surface area contributed by atoms with E-state index in [-0.39, 0.29) is 5.78 Å². The Balaban J connectivity index is 1.59. The lowest BCUT2D eigenvalue weighted by Crippen LogP contribution is -2.11. The topological polar surface area (TPSA) is 47.8 Å². The molecule has 0 unspecified atom stereocenters. The summed E-state index contributed by atoms with van der Waals surface area (Å²) >= 11 is 6.17. The Bertz CT molecular complexity index is 831. The van der Waals surface area contributed by atoms with Crippen molar-refractivity contribution >= 4 is 17.4 Å². The van der Waals surface area contributed by atoms with Gasteiger partial charge in [-0.25, -0.2) is 0 Å². The largest absolute Gasteiger partial charge is 0.312 e. The van der Waals surface area contributed by atoms with Gasteiger partial charge in [0, 0.05) is 36.7 Å². The highest BCUT2D eigenvalue weighted by Crippen LogP contribution is 2.37. The van der Waals surface area contributed by atoms with Gasteiger partial charge in [0.05, 0.1) is 0 Å². The predicted octanol–water partition coefficient (Wildman–Crippen LogP) is 5.69. The van der Waals surface area contributed by atoms with Crippen LogP contribution in [0.15, 0.2) is 18.2 Å². The highest BCUT2D eigenvalue weighted by atomic mass is 35.5. The fraction of sp³-hybridized carbons (Fsp3) is 0.609. The van der Waals surface area contributed by atoms with E-state index in [1.54, 1.807) is 0 Å². The molecule has 1 aromatic carbocycles. The van der Waals surface area contributed by atoms with Crippen molar-refractivity contribution in [2.75, 3.05) is 0 Å². The molecule has 0 atom stereocenters. The molecule has 0 bridgehead atoms. The fourth-order valence-corrected chi connectivity index (χ4v) is 3.82. The van der Waals surface area contributed by atoms with Gasteiger partial charge in [-0.1, -0.05) is 44.5 Å². The Morgan fingerprint density at radius 1 is 1.18 bits per heavy atom. The Morgan fingerprint density at radius 3 is 2.50 bits per heavy atom. The molecule has 28 heavy (non-hydrogen) atoms. The van der Waals surface area contributed by atoms with E-state index < -0.39 is 0 Å². The molecule has 0 amide bonds. The van der Waals surface area contributed by atoms with E-state index in [2.05, 4.69) is 35.5 Å². The van der Waals surface area contributed by atoms with Gasteiger partial charge in [-0.2, -0.15) is 0 Å². The number of carbonyl (C=O) groups is 1. The molecule has 1 heterocycles. The minimum atomic E-state index is 0.227. The van der Waals surface area contributed by atoms with Crippen molar-refractivity contribution in [3.8, 4) is 0 Å². The summed E-state index contributed by atoms with van der Waals surface area (Å²) in [5, 5.41) is 9.63. The monoisotopic (exact) mass is 401 g/mol. The number of aryl methyl sites for hydroxylation is 2. The van der Waals surface area contributed by atoms with Crippen molar-refractivity contribution in [3.63, 3.8) is 0 Å². The van der Waals surface area contributed by atoms with Crippen molar-refractivity contribution in [2.45, 2.75) is 85.1 Å². The molecule has 1 saturated carbocycles. The number of rotatable bonds is 9. The maximum absolute atomic E-state index is 12.5. The minimum Gasteiger partial charge on any atom is -0.312 e. The summed E-state index contributed by atoms with van der Waals surface area (Å²) in [4.78, 5) is 12.5. The smallest absolute Gasteiger partial charge is 0.137 e. The van der Waals surface area contributed by atoms with Gasteiger partial charge in [0.2, 0.25) is 0 Å². The van der Waals surface area contributed by atoms with E-state index in [1.807, 2.05) is 25.1 Å². The molecule has 4 nitrogen and oxygen atoms in total. The normalized spacial score (nSPS) is 14.5. The van der Waals surface area contributed by atoms with Crippen LogP contribution in [0.4, 0.5) is 0 Å². The molecule has 0 saturated heterocycles. The second kappa shape index (κ2) is 8.77. The van der Waals surface area contributed by atoms with Crippen LogP contribution in [0.3, 0.4) is 0 Å². The zero-order chi connectivity index (χ0) is 20.3. The number of aromatic nitrogens is 3. The lowest BCUT2D eigenvalue weighted by atomic mass is 9.90. The van der Waals surface area contributed by atoms with Gasteiger partial charge in [0.15, 0.2) is 0 Å². The van der Waals surface area contributed by atoms with Gasteiger partial charge >= 0.3 is 0 Å². The molecule has 1 aliphatic rings. The third-order valence-corrected chi connectivity index (χ3v) is 5.88. The molecule has 1 aliphatic carbocycles. The molecule has 0 aliphatic heterocycles. The highest BCUT2D eigenvalue weighted by Gasteiger charge is 2.29. The van der Waals surface area contributed by atoms with Crippen LogP contribution in [-0.2, 0) is 24.1 Å². The SMILES string of the molecule is Cc1c(Cl)cccc1CC(=O)CCc1nnc(CCCC(C)(C)C)n1C1CC1. The first-order valence-electron chi connectivity index (χ1n) is 10.4. The number of nitrogens with zero attached hydrogens (tertiary/aromatic N) is 3. The van der Waals surface area contributed by atoms with E-state index in [0.717, 1.165) is 40.6 Å². The molecule has 0 spiro atoms. The maximum Gasteiger partial charge on any atom is 0.137 e. The standard InChI is InChI=1S/C23H32ClN3O/c1-16-17(7-5-8-20(16)24)15-19(28)12-13-22-26-25-21(27(22)18-10-11-18)9-6-14-23(2,3)4/h5,7-8,18H,6,9-15H2,1-4H3. The Morgan fingerprint density at radius 2 is 1.86 bits per heavy atom. The van der Waals surface area contributed by atoms with E-state index in [1.165, 1.54) is 19.3 Å². The van der Waals surface area contributed by atoms with E-state index in [0.29, 0.717) is 30.7 Å². The van der Waals surface area contributed by atoms with Gasteiger partial charge < -0.3 is 4.57 Å². The zero-order valence-electron chi connectivity index (χ0n) is 17.6. The number of ketones is 1. The van der Waals surface area contributed by atoms with Crippen LogP contribution >= 0.6 is 11.6 Å². The summed E-state index contributed by atoms with van der Waals surface area (Å²) in [7, 11) is 0. The van der Waals surface area contributed by atoms with Crippen molar-refractivity contribution < 1.29 is 4.79 Å². The molecular weight excluding hydrogens is 370 g/mol. The first-order valence-corrected chi connectivity index (χ1v) is 10.8. The lowest BCUT2D eigenvalue weighted by Gasteiger charge is -2.17. The van der Waals surface area contributed by atoms with E-state index in [4.69, 9.17) is 11.6 Å². The average Bonchev–Trinajstić information content (AvgIpc) is 3.37. The summed E-state index contributed by atoms with van der Waals surface area (Å²) in [6, 6.07) is 6.30. The summed E-state index contributed by atoms with van der Waals surface area (Å²) in [6.07, 6.45) is 7.28. The second-order valence-electron chi connectivity index (χ2n) is 9.29. The molecule has 1 fully saturated rings. The van der Waals surface area contributed by atoms with E-state index >= 15 is 0 Å². The van der Waals surface area contributed by atoms with Crippen LogP contribution in [0.2, 0.25) is 5.02 Å². The van der Waals surface area contributed by atoms with Gasteiger partial charge in [-0.15, -0.1) is 10.2 Å². The molecule has 1 aromatic heterocycles. The number of hydrogen-bond donors (Lipinski definition) is 0. The van der Waals surface area contributed by atoms with Crippen molar-refractivity contribution in [3.05, 3.63) is 46.0 Å². The van der Waals surface area contributed by atoms with Crippen LogP contribution < -0.4 is 0 Å². The zero-order valence-corrected chi connectivity index (χ0v) is 18.4. The van der Waals surface area contributed by atoms with Crippen molar-refractivity contribution in [1.29, 1.82) is 0 Å². The van der Waals surface area contributed by atoms with Crippen LogP contribution in [0, 0.1) is 12.3 Å². The fourth-order valence-electron chi connectivity index (χ4n) is 3.63. The summed E-state index contributed by atoms with van der Waals surface area (Å²) in [5.74, 6) is 2.30.